The Kier molecular flexibility index (Phi) is 4.13. The van der Waals surface area contributed by atoms with Crippen LogP contribution in [0.3, 0.4) is 0 Å². The highest BCUT2D eigenvalue weighted by atomic mass is 32.2. The van der Waals surface area contributed by atoms with Gasteiger partial charge < -0.3 is 0 Å². The van der Waals surface area contributed by atoms with Gasteiger partial charge in [-0.3, -0.25) is 0 Å². The lowest BCUT2D eigenvalue weighted by Gasteiger charge is -2.09. The van der Waals surface area contributed by atoms with Crippen molar-refractivity contribution in [1.82, 2.24) is 4.72 Å². The molecule has 0 radical (unpaired) electrons. The van der Waals surface area contributed by atoms with Gasteiger partial charge in [-0.2, -0.15) is 0 Å². The zero-order valence-corrected chi connectivity index (χ0v) is 10.4. The number of sulfone groups is 1. The first kappa shape index (κ1) is 12.9. The van der Waals surface area contributed by atoms with Crippen LogP contribution >= 0.6 is 0 Å². The van der Waals surface area contributed by atoms with E-state index in [4.69, 9.17) is 0 Å². The molecule has 1 aliphatic heterocycles. The zero-order chi connectivity index (χ0) is 11.5. The Morgan fingerprint density at radius 1 is 1.40 bits per heavy atom. The van der Waals surface area contributed by atoms with Crippen molar-refractivity contribution < 1.29 is 16.8 Å². The standard InChI is InChI=1S/C8H17NO4S2/c1-2-4-15(12,13)9-6-8-3-5-14(10,11)7-8/h8-9H,2-7H2,1H3/t8-/m0/s1. The predicted molar refractivity (Wildman–Crippen MR) is 58.8 cm³/mol. The summed E-state index contributed by atoms with van der Waals surface area (Å²) in [4.78, 5) is 0. The molecule has 1 saturated heterocycles. The number of nitrogens with one attached hydrogen (secondary N) is 1. The first-order valence-electron chi connectivity index (χ1n) is 5.02. The maximum absolute atomic E-state index is 11.3. The van der Waals surface area contributed by atoms with Crippen molar-refractivity contribution in [2.45, 2.75) is 19.8 Å². The van der Waals surface area contributed by atoms with E-state index in [0.29, 0.717) is 12.8 Å². The quantitative estimate of drug-likeness (QED) is 0.734. The molecular weight excluding hydrogens is 238 g/mol. The van der Waals surface area contributed by atoms with Crippen LogP contribution in [0, 0.1) is 5.92 Å². The van der Waals surface area contributed by atoms with E-state index in [1.54, 1.807) is 6.92 Å². The molecule has 1 aliphatic rings. The molecule has 0 amide bonds. The van der Waals surface area contributed by atoms with Crippen molar-refractivity contribution in [1.29, 1.82) is 0 Å². The Morgan fingerprint density at radius 3 is 2.53 bits per heavy atom. The lowest BCUT2D eigenvalue weighted by atomic mass is 10.1. The molecular formula is C8H17NO4S2. The summed E-state index contributed by atoms with van der Waals surface area (Å²) in [6.07, 6.45) is 1.13. The van der Waals surface area contributed by atoms with Crippen LogP contribution in [-0.4, -0.2) is 40.6 Å². The van der Waals surface area contributed by atoms with E-state index in [9.17, 15) is 16.8 Å². The Morgan fingerprint density at radius 2 is 2.07 bits per heavy atom. The summed E-state index contributed by atoms with van der Waals surface area (Å²) in [5.74, 6) is 0.350. The van der Waals surface area contributed by atoms with Crippen LogP contribution in [0.2, 0.25) is 0 Å². The third-order valence-corrected chi connectivity index (χ3v) is 5.78. The van der Waals surface area contributed by atoms with Crippen LogP contribution in [-0.2, 0) is 19.9 Å². The fourth-order valence-corrected chi connectivity index (χ4v) is 4.65. The molecule has 1 fully saturated rings. The molecule has 0 unspecified atom stereocenters. The van der Waals surface area contributed by atoms with Gasteiger partial charge in [0, 0.05) is 6.54 Å². The second-order valence-corrected chi connectivity index (χ2v) is 8.09. The highest BCUT2D eigenvalue weighted by Gasteiger charge is 2.28. The molecule has 15 heavy (non-hydrogen) atoms. The van der Waals surface area contributed by atoms with Crippen molar-refractivity contribution in [2.24, 2.45) is 5.92 Å². The molecule has 0 bridgehead atoms. The largest absolute Gasteiger partial charge is 0.229 e. The van der Waals surface area contributed by atoms with Crippen molar-refractivity contribution in [3.63, 3.8) is 0 Å². The highest BCUT2D eigenvalue weighted by molar-refractivity contribution is 7.91. The van der Waals surface area contributed by atoms with E-state index >= 15 is 0 Å². The molecule has 0 aromatic rings. The Bertz CT molecular complexity index is 398. The van der Waals surface area contributed by atoms with Gasteiger partial charge in [0.2, 0.25) is 10.0 Å². The van der Waals surface area contributed by atoms with E-state index in [1.165, 1.54) is 0 Å². The van der Waals surface area contributed by atoms with Crippen LogP contribution in [0.25, 0.3) is 0 Å². The minimum atomic E-state index is -3.20. The van der Waals surface area contributed by atoms with Gasteiger partial charge in [-0.25, -0.2) is 21.6 Å². The molecule has 1 atom stereocenters. The highest BCUT2D eigenvalue weighted by Crippen LogP contribution is 2.17. The van der Waals surface area contributed by atoms with Crippen LogP contribution < -0.4 is 4.72 Å². The minimum absolute atomic E-state index is 0.0540. The van der Waals surface area contributed by atoms with Gasteiger partial charge in [0.25, 0.3) is 0 Å². The average molecular weight is 255 g/mol. The van der Waals surface area contributed by atoms with E-state index < -0.39 is 19.9 Å². The van der Waals surface area contributed by atoms with Crippen molar-refractivity contribution in [3.8, 4) is 0 Å². The Hall–Kier alpha value is -0.140. The Labute approximate surface area is 91.2 Å². The smallest absolute Gasteiger partial charge is 0.211 e. The van der Waals surface area contributed by atoms with Crippen molar-refractivity contribution in [2.75, 3.05) is 23.8 Å². The summed E-state index contributed by atoms with van der Waals surface area (Å²) >= 11 is 0. The van der Waals surface area contributed by atoms with E-state index in [2.05, 4.69) is 4.72 Å². The summed E-state index contributed by atoms with van der Waals surface area (Å²) in [5, 5.41) is 0. The number of hydrogen-bond acceptors (Lipinski definition) is 4. The molecule has 5 nitrogen and oxygen atoms in total. The molecule has 7 heteroatoms. The van der Waals surface area contributed by atoms with Crippen molar-refractivity contribution in [3.05, 3.63) is 0 Å². The monoisotopic (exact) mass is 255 g/mol. The number of rotatable bonds is 5. The predicted octanol–water partition coefficient (Wildman–Crippen LogP) is -0.249. The zero-order valence-electron chi connectivity index (χ0n) is 8.77. The molecule has 0 aromatic carbocycles. The van der Waals surface area contributed by atoms with Crippen LogP contribution in [0.4, 0.5) is 0 Å². The molecule has 0 spiro atoms. The molecule has 1 N–H and O–H groups in total. The second-order valence-electron chi connectivity index (χ2n) is 3.94. The third kappa shape index (κ3) is 4.48. The molecule has 0 aliphatic carbocycles. The molecule has 0 saturated carbocycles. The van der Waals surface area contributed by atoms with Crippen molar-refractivity contribution >= 4 is 19.9 Å². The molecule has 1 rings (SSSR count). The van der Waals surface area contributed by atoms with Gasteiger partial charge in [-0.15, -0.1) is 0 Å². The lowest BCUT2D eigenvalue weighted by molar-refractivity contribution is 0.542. The lowest BCUT2D eigenvalue weighted by Crippen LogP contribution is -2.31. The fraction of sp³-hybridized carbons (Fsp3) is 1.00. The van der Waals surface area contributed by atoms with Gasteiger partial charge in [0.15, 0.2) is 9.84 Å². The number of sulfonamides is 1. The maximum Gasteiger partial charge on any atom is 0.211 e. The first-order valence-corrected chi connectivity index (χ1v) is 8.50. The maximum atomic E-state index is 11.3. The van der Waals surface area contributed by atoms with Gasteiger partial charge in [0.1, 0.15) is 0 Å². The van der Waals surface area contributed by atoms with E-state index in [0.717, 1.165) is 0 Å². The van der Waals surface area contributed by atoms with Crippen LogP contribution in [0.1, 0.15) is 19.8 Å². The minimum Gasteiger partial charge on any atom is -0.229 e. The van der Waals surface area contributed by atoms with Gasteiger partial charge in [-0.1, -0.05) is 6.92 Å². The van der Waals surface area contributed by atoms with Gasteiger partial charge >= 0.3 is 0 Å². The van der Waals surface area contributed by atoms with Gasteiger partial charge in [-0.05, 0) is 18.8 Å². The summed E-state index contributed by atoms with van der Waals surface area (Å²) < 4.78 is 47.3. The van der Waals surface area contributed by atoms with E-state index in [-0.39, 0.29) is 29.7 Å². The summed E-state index contributed by atoms with van der Waals surface area (Å²) in [7, 11) is -6.11. The summed E-state index contributed by atoms with van der Waals surface area (Å²) in [5.41, 5.74) is 0. The average Bonchev–Trinajstić information content (AvgIpc) is 2.42. The van der Waals surface area contributed by atoms with E-state index in [1.807, 2.05) is 0 Å². The van der Waals surface area contributed by atoms with Crippen LogP contribution in [0.5, 0.6) is 0 Å². The summed E-state index contributed by atoms with van der Waals surface area (Å²) in [6, 6.07) is 0. The summed E-state index contributed by atoms with van der Waals surface area (Å²) in [6.45, 7) is 2.04. The molecule has 0 aromatic heterocycles. The van der Waals surface area contributed by atoms with Gasteiger partial charge in [0.05, 0.1) is 17.3 Å². The molecule has 1 heterocycles. The topological polar surface area (TPSA) is 80.3 Å². The number of hydrogen-bond donors (Lipinski definition) is 1. The first-order chi connectivity index (χ1) is 6.85. The normalized spacial score (nSPS) is 25.5. The fourth-order valence-electron chi connectivity index (χ4n) is 1.62. The second kappa shape index (κ2) is 4.80. The third-order valence-electron chi connectivity index (χ3n) is 2.39. The Balaban J connectivity index is 2.40. The van der Waals surface area contributed by atoms with Crippen LogP contribution in [0.15, 0.2) is 0 Å². The molecule has 90 valence electrons. The SMILES string of the molecule is CCCS(=O)(=O)NC[C@@H]1CCS(=O)(=O)C1.